The highest BCUT2D eigenvalue weighted by Gasteiger charge is 2.12. The molecule has 0 spiro atoms. The molecule has 0 aliphatic heterocycles. The van der Waals surface area contributed by atoms with Gasteiger partial charge in [0.25, 0.3) is 0 Å². The zero-order valence-corrected chi connectivity index (χ0v) is 9.62. The largest absolute Gasteiger partial charge is 0.328 e. The van der Waals surface area contributed by atoms with Crippen LogP contribution >= 0.6 is 0 Å². The molecule has 0 amide bonds. The van der Waals surface area contributed by atoms with Gasteiger partial charge in [0, 0.05) is 18.3 Å². The molecule has 2 N–H and O–H groups in total. The van der Waals surface area contributed by atoms with Crippen LogP contribution in [0, 0.1) is 12.8 Å². The first-order chi connectivity index (χ1) is 6.54. The van der Waals surface area contributed by atoms with Crippen LogP contribution in [0.5, 0.6) is 0 Å². The molecule has 0 radical (unpaired) electrons. The van der Waals surface area contributed by atoms with Crippen molar-refractivity contribution in [3.8, 4) is 0 Å². The predicted molar refractivity (Wildman–Crippen MR) is 59.2 cm³/mol. The molecule has 0 bridgehead atoms. The molecule has 0 aliphatic rings. The molecular formula is C11H21N3. The zero-order valence-electron chi connectivity index (χ0n) is 9.62. The number of hydrogen-bond donors (Lipinski definition) is 1. The van der Waals surface area contributed by atoms with Crippen LogP contribution in [0.1, 0.15) is 32.2 Å². The molecule has 80 valence electrons. The third kappa shape index (κ3) is 2.58. The molecule has 3 heteroatoms. The van der Waals surface area contributed by atoms with Gasteiger partial charge in [0.15, 0.2) is 0 Å². The normalized spacial score (nSPS) is 15.5. The minimum absolute atomic E-state index is 0.246. The van der Waals surface area contributed by atoms with Crippen molar-refractivity contribution in [2.24, 2.45) is 11.7 Å². The Morgan fingerprint density at radius 3 is 2.64 bits per heavy atom. The molecular weight excluding hydrogens is 174 g/mol. The van der Waals surface area contributed by atoms with Crippen molar-refractivity contribution in [1.82, 2.24) is 9.78 Å². The summed E-state index contributed by atoms with van der Waals surface area (Å²) >= 11 is 0. The highest BCUT2D eigenvalue weighted by molar-refractivity contribution is 5.09. The summed E-state index contributed by atoms with van der Waals surface area (Å²) in [4.78, 5) is 0. The smallest absolute Gasteiger partial charge is 0.0596 e. The minimum Gasteiger partial charge on any atom is -0.328 e. The van der Waals surface area contributed by atoms with Crippen molar-refractivity contribution >= 4 is 0 Å². The molecule has 2 unspecified atom stereocenters. The second-order valence-electron chi connectivity index (χ2n) is 4.13. The number of rotatable bonds is 4. The van der Waals surface area contributed by atoms with Gasteiger partial charge in [0.05, 0.1) is 5.69 Å². The lowest BCUT2D eigenvalue weighted by atomic mass is 9.98. The maximum Gasteiger partial charge on any atom is 0.0596 e. The molecule has 0 saturated carbocycles. The molecule has 0 saturated heterocycles. The third-order valence-corrected chi connectivity index (χ3v) is 2.71. The Hall–Kier alpha value is -0.830. The Morgan fingerprint density at radius 1 is 1.50 bits per heavy atom. The average Bonchev–Trinajstić information content (AvgIpc) is 2.45. The SMILES string of the molecule is CCn1nc(C)cc1CC(C)C(C)N. The average molecular weight is 195 g/mol. The van der Waals surface area contributed by atoms with Crippen LogP contribution in [0.2, 0.25) is 0 Å². The van der Waals surface area contributed by atoms with E-state index in [0.717, 1.165) is 18.7 Å². The van der Waals surface area contributed by atoms with Crippen LogP contribution < -0.4 is 5.73 Å². The van der Waals surface area contributed by atoms with Gasteiger partial charge >= 0.3 is 0 Å². The van der Waals surface area contributed by atoms with E-state index in [1.165, 1.54) is 5.69 Å². The van der Waals surface area contributed by atoms with Crippen molar-refractivity contribution < 1.29 is 0 Å². The fourth-order valence-electron chi connectivity index (χ4n) is 1.55. The molecule has 1 aromatic heterocycles. The molecule has 3 nitrogen and oxygen atoms in total. The fraction of sp³-hybridized carbons (Fsp3) is 0.727. The number of nitrogens with two attached hydrogens (primary N) is 1. The molecule has 1 rings (SSSR count). The Bertz CT molecular complexity index is 289. The van der Waals surface area contributed by atoms with Crippen molar-refractivity contribution in [1.29, 1.82) is 0 Å². The van der Waals surface area contributed by atoms with Crippen molar-refractivity contribution in [3.05, 3.63) is 17.5 Å². The van der Waals surface area contributed by atoms with Crippen molar-refractivity contribution in [3.63, 3.8) is 0 Å². The second kappa shape index (κ2) is 4.60. The summed E-state index contributed by atoms with van der Waals surface area (Å²) in [6.07, 6.45) is 1.02. The molecule has 1 heterocycles. The predicted octanol–water partition coefficient (Wildman–Crippen LogP) is 1.74. The number of aromatic nitrogens is 2. The van der Waals surface area contributed by atoms with E-state index in [1.807, 2.05) is 6.92 Å². The van der Waals surface area contributed by atoms with Gasteiger partial charge in [-0.2, -0.15) is 5.10 Å². The van der Waals surface area contributed by atoms with Gasteiger partial charge < -0.3 is 5.73 Å². The summed E-state index contributed by atoms with van der Waals surface area (Å²) in [6.45, 7) is 9.34. The summed E-state index contributed by atoms with van der Waals surface area (Å²) in [7, 11) is 0. The van der Waals surface area contributed by atoms with Crippen LogP contribution in [0.3, 0.4) is 0 Å². The van der Waals surface area contributed by atoms with E-state index in [0.29, 0.717) is 5.92 Å². The van der Waals surface area contributed by atoms with Gasteiger partial charge in [0.2, 0.25) is 0 Å². The van der Waals surface area contributed by atoms with E-state index in [1.54, 1.807) is 0 Å². The molecule has 14 heavy (non-hydrogen) atoms. The van der Waals surface area contributed by atoms with Crippen molar-refractivity contribution in [2.45, 2.75) is 46.7 Å². The van der Waals surface area contributed by atoms with E-state index >= 15 is 0 Å². The first-order valence-electron chi connectivity index (χ1n) is 5.33. The topological polar surface area (TPSA) is 43.8 Å². The third-order valence-electron chi connectivity index (χ3n) is 2.71. The van der Waals surface area contributed by atoms with E-state index in [9.17, 15) is 0 Å². The Labute approximate surface area is 86.3 Å². The number of aryl methyl sites for hydroxylation is 2. The Balaban J connectivity index is 2.74. The summed E-state index contributed by atoms with van der Waals surface area (Å²) in [6, 6.07) is 2.40. The van der Waals surface area contributed by atoms with Gasteiger partial charge in [-0.25, -0.2) is 0 Å². The summed E-state index contributed by atoms with van der Waals surface area (Å²) in [5.74, 6) is 0.511. The molecule has 0 aromatic carbocycles. The van der Waals surface area contributed by atoms with E-state index in [-0.39, 0.29) is 6.04 Å². The quantitative estimate of drug-likeness (QED) is 0.795. The first-order valence-corrected chi connectivity index (χ1v) is 5.33. The monoisotopic (exact) mass is 195 g/mol. The van der Waals surface area contributed by atoms with Crippen LogP contribution in [0.4, 0.5) is 0 Å². The lowest BCUT2D eigenvalue weighted by Crippen LogP contribution is -2.26. The van der Waals surface area contributed by atoms with Crippen molar-refractivity contribution in [2.75, 3.05) is 0 Å². The molecule has 2 atom stereocenters. The number of hydrogen-bond acceptors (Lipinski definition) is 2. The van der Waals surface area contributed by atoms with E-state index < -0.39 is 0 Å². The van der Waals surface area contributed by atoms with E-state index in [4.69, 9.17) is 5.73 Å². The summed E-state index contributed by atoms with van der Waals surface area (Å²) in [5, 5.41) is 4.42. The highest BCUT2D eigenvalue weighted by atomic mass is 15.3. The van der Waals surface area contributed by atoms with E-state index in [2.05, 4.69) is 36.6 Å². The molecule has 0 fully saturated rings. The highest BCUT2D eigenvalue weighted by Crippen LogP contribution is 2.12. The minimum atomic E-state index is 0.246. The zero-order chi connectivity index (χ0) is 10.7. The summed E-state index contributed by atoms with van der Waals surface area (Å²) < 4.78 is 2.06. The fourth-order valence-corrected chi connectivity index (χ4v) is 1.55. The Morgan fingerprint density at radius 2 is 2.14 bits per heavy atom. The maximum atomic E-state index is 5.85. The number of nitrogens with zero attached hydrogens (tertiary/aromatic N) is 2. The molecule has 0 aliphatic carbocycles. The lowest BCUT2D eigenvalue weighted by molar-refractivity contribution is 0.460. The standard InChI is InChI=1S/C11H21N3/c1-5-14-11(7-9(3)13-14)6-8(2)10(4)12/h7-8,10H,5-6,12H2,1-4H3. The maximum absolute atomic E-state index is 5.85. The van der Waals surface area contributed by atoms with Crippen LogP contribution in [0.15, 0.2) is 6.07 Å². The lowest BCUT2D eigenvalue weighted by Gasteiger charge is -2.15. The molecule has 1 aromatic rings. The van der Waals surface area contributed by atoms with Crippen LogP contribution in [-0.2, 0) is 13.0 Å². The van der Waals surface area contributed by atoms with Crippen LogP contribution in [0.25, 0.3) is 0 Å². The first kappa shape index (κ1) is 11.2. The van der Waals surface area contributed by atoms with Gasteiger partial charge in [0.1, 0.15) is 0 Å². The van der Waals surface area contributed by atoms with Gasteiger partial charge in [-0.15, -0.1) is 0 Å². The van der Waals surface area contributed by atoms with Gasteiger partial charge in [-0.05, 0) is 39.2 Å². The van der Waals surface area contributed by atoms with Gasteiger partial charge in [-0.1, -0.05) is 6.92 Å². The second-order valence-corrected chi connectivity index (χ2v) is 4.13. The summed E-state index contributed by atoms with van der Waals surface area (Å²) in [5.41, 5.74) is 8.25. The van der Waals surface area contributed by atoms with Crippen LogP contribution in [-0.4, -0.2) is 15.8 Å². The Kier molecular flexibility index (Phi) is 3.69. The van der Waals surface area contributed by atoms with Gasteiger partial charge in [-0.3, -0.25) is 4.68 Å².